The summed E-state index contributed by atoms with van der Waals surface area (Å²) in [6.45, 7) is 5.38. The van der Waals surface area contributed by atoms with E-state index in [1.54, 1.807) is 24.1 Å². The Balaban J connectivity index is 1.95. The molecule has 2 aromatic rings. The molecule has 1 aromatic carbocycles. The molecule has 0 radical (unpaired) electrons. The molecule has 24 heavy (non-hydrogen) atoms. The lowest BCUT2D eigenvalue weighted by Crippen LogP contribution is -2.39. The standard InChI is InChI=1S/C18H23BrN2O3/c1-18(2,11-20)12-21(3)17(22)16-8-7-15(24-16)10-23-14-6-4-5-13(19)9-14/h4-9H,10-12,20H2,1-3H3. The van der Waals surface area contributed by atoms with Crippen LogP contribution in [0, 0.1) is 5.41 Å². The third kappa shape index (κ3) is 5.11. The number of hydrogen-bond acceptors (Lipinski definition) is 4. The Hall–Kier alpha value is -1.79. The summed E-state index contributed by atoms with van der Waals surface area (Å²) in [6.07, 6.45) is 0. The van der Waals surface area contributed by atoms with E-state index in [1.165, 1.54) is 0 Å². The van der Waals surface area contributed by atoms with Crippen molar-refractivity contribution in [2.75, 3.05) is 20.1 Å². The van der Waals surface area contributed by atoms with Crippen molar-refractivity contribution < 1.29 is 13.9 Å². The number of hydrogen-bond donors (Lipinski definition) is 1. The van der Waals surface area contributed by atoms with Crippen molar-refractivity contribution >= 4 is 21.8 Å². The van der Waals surface area contributed by atoms with Gasteiger partial charge in [-0.2, -0.15) is 0 Å². The number of furan rings is 1. The average molecular weight is 395 g/mol. The van der Waals surface area contributed by atoms with Gasteiger partial charge in [-0.1, -0.05) is 35.8 Å². The number of ether oxygens (including phenoxy) is 1. The third-order valence-corrected chi connectivity index (χ3v) is 4.11. The quantitative estimate of drug-likeness (QED) is 0.777. The van der Waals surface area contributed by atoms with E-state index in [1.807, 2.05) is 38.1 Å². The van der Waals surface area contributed by atoms with Gasteiger partial charge < -0.3 is 19.8 Å². The third-order valence-electron chi connectivity index (χ3n) is 3.61. The Labute approximate surface area is 150 Å². The summed E-state index contributed by atoms with van der Waals surface area (Å²) in [4.78, 5) is 14.0. The highest BCUT2D eigenvalue weighted by atomic mass is 79.9. The van der Waals surface area contributed by atoms with Gasteiger partial charge in [0.05, 0.1) is 0 Å². The van der Waals surface area contributed by atoms with Crippen LogP contribution in [-0.2, 0) is 6.61 Å². The van der Waals surface area contributed by atoms with Gasteiger partial charge in [-0.25, -0.2) is 0 Å². The minimum atomic E-state index is -0.162. The van der Waals surface area contributed by atoms with Gasteiger partial charge in [-0.05, 0) is 42.3 Å². The SMILES string of the molecule is CN(CC(C)(C)CN)C(=O)c1ccc(COc2cccc(Br)c2)o1. The summed E-state index contributed by atoms with van der Waals surface area (Å²) < 4.78 is 12.2. The number of carbonyl (C=O) groups is 1. The second-order valence-corrected chi connectivity index (χ2v) is 7.46. The Bertz CT molecular complexity index is 697. The number of halogens is 1. The van der Waals surface area contributed by atoms with E-state index >= 15 is 0 Å². The zero-order valence-corrected chi connectivity index (χ0v) is 15.8. The van der Waals surface area contributed by atoms with Crippen LogP contribution in [0.4, 0.5) is 0 Å². The Kier molecular flexibility index (Phi) is 6.07. The van der Waals surface area contributed by atoms with E-state index in [4.69, 9.17) is 14.9 Å². The largest absolute Gasteiger partial charge is 0.486 e. The lowest BCUT2D eigenvalue weighted by atomic mass is 9.93. The predicted octanol–water partition coefficient (Wildman–Crippen LogP) is 3.68. The number of rotatable bonds is 7. The molecule has 6 heteroatoms. The normalized spacial score (nSPS) is 11.4. The van der Waals surface area contributed by atoms with Crippen LogP contribution in [0.3, 0.4) is 0 Å². The summed E-state index contributed by atoms with van der Waals surface area (Å²) in [5.41, 5.74) is 5.59. The predicted molar refractivity (Wildman–Crippen MR) is 97.0 cm³/mol. The minimum absolute atomic E-state index is 0.135. The maximum atomic E-state index is 12.4. The average Bonchev–Trinajstić information content (AvgIpc) is 3.01. The van der Waals surface area contributed by atoms with E-state index in [0.29, 0.717) is 24.6 Å². The van der Waals surface area contributed by atoms with Crippen LogP contribution in [0.1, 0.15) is 30.2 Å². The molecule has 1 heterocycles. The number of carbonyl (C=O) groups excluding carboxylic acids is 1. The smallest absolute Gasteiger partial charge is 0.289 e. The van der Waals surface area contributed by atoms with E-state index < -0.39 is 0 Å². The van der Waals surface area contributed by atoms with Crippen molar-refractivity contribution in [1.82, 2.24) is 4.90 Å². The van der Waals surface area contributed by atoms with Gasteiger partial charge in [-0.3, -0.25) is 4.79 Å². The number of benzene rings is 1. The van der Waals surface area contributed by atoms with Gasteiger partial charge in [0.1, 0.15) is 18.1 Å². The minimum Gasteiger partial charge on any atom is -0.486 e. The van der Waals surface area contributed by atoms with Gasteiger partial charge >= 0.3 is 0 Å². The first-order chi connectivity index (χ1) is 11.3. The van der Waals surface area contributed by atoms with Gasteiger partial charge in [0, 0.05) is 18.1 Å². The first-order valence-electron chi connectivity index (χ1n) is 7.73. The number of amides is 1. The van der Waals surface area contributed by atoms with Gasteiger partial charge in [0.15, 0.2) is 5.76 Å². The van der Waals surface area contributed by atoms with Crippen LogP contribution in [0.25, 0.3) is 0 Å². The maximum Gasteiger partial charge on any atom is 0.289 e. The molecule has 5 nitrogen and oxygen atoms in total. The molecule has 0 spiro atoms. The van der Waals surface area contributed by atoms with E-state index in [-0.39, 0.29) is 17.9 Å². The second-order valence-electron chi connectivity index (χ2n) is 6.54. The number of nitrogens with two attached hydrogens (primary N) is 1. The van der Waals surface area contributed by atoms with Crippen molar-refractivity contribution in [3.63, 3.8) is 0 Å². The summed E-state index contributed by atoms with van der Waals surface area (Å²) in [5, 5.41) is 0. The molecule has 0 aliphatic carbocycles. The van der Waals surface area contributed by atoms with E-state index in [2.05, 4.69) is 15.9 Å². The monoisotopic (exact) mass is 394 g/mol. The summed E-state index contributed by atoms with van der Waals surface area (Å²) >= 11 is 3.39. The molecule has 0 saturated heterocycles. The molecule has 0 atom stereocenters. The Morgan fingerprint density at radius 2 is 2.08 bits per heavy atom. The molecule has 130 valence electrons. The van der Waals surface area contributed by atoms with Crippen LogP contribution < -0.4 is 10.5 Å². The molecule has 0 aliphatic rings. The zero-order valence-electron chi connectivity index (χ0n) is 14.2. The highest BCUT2D eigenvalue weighted by Crippen LogP contribution is 2.20. The number of nitrogens with zero attached hydrogens (tertiary/aromatic N) is 1. The maximum absolute atomic E-state index is 12.4. The molecule has 2 rings (SSSR count). The Morgan fingerprint density at radius 1 is 1.33 bits per heavy atom. The van der Waals surface area contributed by atoms with Crippen molar-refractivity contribution in [2.24, 2.45) is 11.1 Å². The lowest BCUT2D eigenvalue weighted by Gasteiger charge is -2.28. The molecule has 0 unspecified atom stereocenters. The molecule has 2 N–H and O–H groups in total. The van der Waals surface area contributed by atoms with Crippen LogP contribution in [0.2, 0.25) is 0 Å². The highest BCUT2D eigenvalue weighted by molar-refractivity contribution is 9.10. The molecule has 0 bridgehead atoms. The van der Waals surface area contributed by atoms with Gasteiger partial charge in [0.25, 0.3) is 5.91 Å². The van der Waals surface area contributed by atoms with Crippen molar-refractivity contribution in [1.29, 1.82) is 0 Å². The van der Waals surface area contributed by atoms with Gasteiger partial charge in [0.2, 0.25) is 0 Å². The zero-order chi connectivity index (χ0) is 17.7. The first kappa shape index (κ1) is 18.5. The molecular weight excluding hydrogens is 372 g/mol. The topological polar surface area (TPSA) is 68.7 Å². The molecular formula is C18H23BrN2O3. The van der Waals surface area contributed by atoms with Gasteiger partial charge in [-0.15, -0.1) is 0 Å². The highest BCUT2D eigenvalue weighted by Gasteiger charge is 2.23. The van der Waals surface area contributed by atoms with Crippen LogP contribution in [-0.4, -0.2) is 30.9 Å². The summed E-state index contributed by atoms with van der Waals surface area (Å²) in [7, 11) is 1.75. The first-order valence-corrected chi connectivity index (χ1v) is 8.53. The Morgan fingerprint density at radius 3 is 2.75 bits per heavy atom. The molecule has 1 aromatic heterocycles. The fourth-order valence-corrected chi connectivity index (χ4v) is 2.63. The van der Waals surface area contributed by atoms with Crippen molar-refractivity contribution in [3.8, 4) is 5.75 Å². The summed E-state index contributed by atoms with van der Waals surface area (Å²) in [5.74, 6) is 1.48. The fraction of sp³-hybridized carbons (Fsp3) is 0.389. The van der Waals surface area contributed by atoms with Crippen LogP contribution >= 0.6 is 15.9 Å². The lowest BCUT2D eigenvalue weighted by molar-refractivity contribution is 0.0705. The molecule has 0 aliphatic heterocycles. The van der Waals surface area contributed by atoms with E-state index in [9.17, 15) is 4.79 Å². The molecule has 0 saturated carbocycles. The van der Waals surface area contributed by atoms with Crippen molar-refractivity contribution in [3.05, 3.63) is 52.4 Å². The molecule has 1 amide bonds. The second kappa shape index (κ2) is 7.85. The van der Waals surface area contributed by atoms with Crippen LogP contribution in [0.5, 0.6) is 5.75 Å². The van der Waals surface area contributed by atoms with E-state index in [0.717, 1.165) is 10.2 Å². The fourth-order valence-electron chi connectivity index (χ4n) is 2.25. The summed E-state index contributed by atoms with van der Waals surface area (Å²) in [6, 6.07) is 11.0. The van der Waals surface area contributed by atoms with Crippen LogP contribution in [0.15, 0.2) is 45.3 Å². The van der Waals surface area contributed by atoms with Crippen molar-refractivity contribution in [2.45, 2.75) is 20.5 Å². The molecule has 0 fully saturated rings.